The summed E-state index contributed by atoms with van der Waals surface area (Å²) in [7, 11) is 0. The summed E-state index contributed by atoms with van der Waals surface area (Å²) in [4.78, 5) is 36.7. The molecule has 3 fully saturated rings. The molecular weight excluding hydrogens is 210 g/mol. The molecule has 0 aromatic heterocycles. The molecule has 5 heteroatoms. The molecule has 1 atom stereocenters. The average molecular weight is 225 g/mol. The molecule has 3 rings (SSSR count). The zero-order valence-corrected chi connectivity index (χ0v) is 9.27. The molecule has 3 aliphatic rings. The standard InChI is InChI=1S/C11H15NO4/c1-2-16-11(15)10(14)8-9(13)7-3-5-12(8)6-4-7/h7-8H,2-6H2,1H3/t8-/m1/s1. The second kappa shape index (κ2) is 4.33. The molecule has 3 saturated heterocycles. The Kier molecular flexibility index (Phi) is 3.05. The number of hydrogen-bond donors (Lipinski definition) is 0. The number of ether oxygens (including phenoxy) is 1. The summed E-state index contributed by atoms with van der Waals surface area (Å²) in [5.74, 6) is -1.71. The SMILES string of the molecule is CCOC(=O)C(=O)[C@H]1C(=O)C2CCN1CC2. The molecule has 16 heavy (non-hydrogen) atoms. The van der Waals surface area contributed by atoms with Crippen molar-refractivity contribution in [2.45, 2.75) is 25.8 Å². The highest BCUT2D eigenvalue weighted by Crippen LogP contribution is 2.29. The van der Waals surface area contributed by atoms with Gasteiger partial charge in [-0.05, 0) is 32.9 Å². The van der Waals surface area contributed by atoms with Gasteiger partial charge in [-0.15, -0.1) is 0 Å². The van der Waals surface area contributed by atoms with Crippen molar-refractivity contribution in [1.29, 1.82) is 0 Å². The van der Waals surface area contributed by atoms with E-state index in [1.54, 1.807) is 11.8 Å². The Balaban J connectivity index is 2.11. The first kappa shape index (κ1) is 11.3. The van der Waals surface area contributed by atoms with Crippen molar-refractivity contribution >= 4 is 17.5 Å². The van der Waals surface area contributed by atoms with E-state index in [1.807, 2.05) is 0 Å². The molecule has 3 aliphatic heterocycles. The summed E-state index contributed by atoms with van der Waals surface area (Å²) in [5, 5.41) is 0. The zero-order chi connectivity index (χ0) is 11.7. The Morgan fingerprint density at radius 2 is 2.00 bits per heavy atom. The third-order valence-corrected chi connectivity index (χ3v) is 3.29. The van der Waals surface area contributed by atoms with Crippen molar-refractivity contribution < 1.29 is 19.1 Å². The lowest BCUT2D eigenvalue weighted by molar-refractivity contribution is -0.160. The highest BCUT2D eigenvalue weighted by molar-refractivity contribution is 6.40. The van der Waals surface area contributed by atoms with E-state index in [1.165, 1.54) is 0 Å². The van der Waals surface area contributed by atoms with Crippen LogP contribution < -0.4 is 0 Å². The number of carbonyl (C=O) groups is 3. The average Bonchev–Trinajstić information content (AvgIpc) is 2.30. The first-order chi connectivity index (χ1) is 7.65. The molecule has 0 spiro atoms. The Morgan fingerprint density at radius 3 is 2.50 bits per heavy atom. The van der Waals surface area contributed by atoms with Gasteiger partial charge in [-0.25, -0.2) is 4.79 Å². The predicted octanol–water partition coefficient (Wildman–Crippen LogP) is -0.218. The van der Waals surface area contributed by atoms with E-state index >= 15 is 0 Å². The normalized spacial score (nSPS) is 32.6. The number of fused-ring (bicyclic) bond motifs is 3. The first-order valence-electron chi connectivity index (χ1n) is 5.64. The van der Waals surface area contributed by atoms with Crippen LogP contribution in [-0.2, 0) is 19.1 Å². The van der Waals surface area contributed by atoms with Gasteiger partial charge in [0, 0.05) is 5.92 Å². The minimum atomic E-state index is -0.881. The van der Waals surface area contributed by atoms with E-state index < -0.39 is 17.8 Å². The first-order valence-corrected chi connectivity index (χ1v) is 5.64. The minimum Gasteiger partial charge on any atom is -0.460 e. The van der Waals surface area contributed by atoms with Crippen LogP contribution in [0, 0.1) is 5.92 Å². The largest absolute Gasteiger partial charge is 0.460 e. The van der Waals surface area contributed by atoms with Crippen molar-refractivity contribution in [2.75, 3.05) is 19.7 Å². The molecule has 0 unspecified atom stereocenters. The molecule has 0 amide bonds. The van der Waals surface area contributed by atoms with E-state index in [4.69, 9.17) is 0 Å². The summed E-state index contributed by atoms with van der Waals surface area (Å²) >= 11 is 0. The Morgan fingerprint density at radius 1 is 1.38 bits per heavy atom. The number of piperidine rings is 3. The maximum atomic E-state index is 11.9. The van der Waals surface area contributed by atoms with Crippen LogP contribution in [0.5, 0.6) is 0 Å². The van der Waals surface area contributed by atoms with Crippen molar-refractivity contribution in [3.8, 4) is 0 Å². The molecule has 0 N–H and O–H groups in total. The summed E-state index contributed by atoms with van der Waals surface area (Å²) in [5.41, 5.74) is 0. The van der Waals surface area contributed by atoms with E-state index in [2.05, 4.69) is 4.74 Å². The highest BCUT2D eigenvalue weighted by atomic mass is 16.5. The van der Waals surface area contributed by atoms with Gasteiger partial charge >= 0.3 is 5.97 Å². The van der Waals surface area contributed by atoms with Crippen molar-refractivity contribution in [3.63, 3.8) is 0 Å². The molecule has 88 valence electrons. The van der Waals surface area contributed by atoms with E-state index in [9.17, 15) is 14.4 Å². The van der Waals surface area contributed by atoms with Gasteiger partial charge in [-0.3, -0.25) is 14.5 Å². The number of hydrogen-bond acceptors (Lipinski definition) is 5. The molecule has 0 aromatic carbocycles. The summed E-state index contributed by atoms with van der Waals surface area (Å²) in [6.07, 6.45) is 1.62. The fourth-order valence-corrected chi connectivity index (χ4v) is 2.45. The minimum absolute atomic E-state index is 0.0339. The zero-order valence-electron chi connectivity index (χ0n) is 9.27. The van der Waals surface area contributed by atoms with E-state index in [0.29, 0.717) is 0 Å². The predicted molar refractivity (Wildman–Crippen MR) is 54.7 cm³/mol. The van der Waals surface area contributed by atoms with Crippen molar-refractivity contribution in [3.05, 3.63) is 0 Å². The lowest BCUT2D eigenvalue weighted by atomic mass is 9.80. The molecule has 0 saturated carbocycles. The monoisotopic (exact) mass is 225 g/mol. The van der Waals surface area contributed by atoms with Crippen LogP contribution in [0.25, 0.3) is 0 Å². The molecular formula is C11H15NO4. The maximum Gasteiger partial charge on any atom is 0.376 e. The molecule has 0 radical (unpaired) electrons. The molecule has 0 aromatic rings. The van der Waals surface area contributed by atoms with Gasteiger partial charge in [0.1, 0.15) is 6.04 Å². The Labute approximate surface area is 93.7 Å². The third kappa shape index (κ3) is 1.75. The van der Waals surface area contributed by atoms with Crippen LogP contribution in [0.3, 0.4) is 0 Å². The Hall–Kier alpha value is -1.23. The quantitative estimate of drug-likeness (QED) is 0.377. The molecule has 0 aliphatic carbocycles. The summed E-state index contributed by atoms with van der Waals surface area (Å²) in [6, 6.07) is -0.869. The molecule has 2 bridgehead atoms. The van der Waals surface area contributed by atoms with Gasteiger partial charge in [0.15, 0.2) is 5.78 Å². The second-order valence-electron chi connectivity index (χ2n) is 4.20. The van der Waals surface area contributed by atoms with Gasteiger partial charge in [0.05, 0.1) is 6.61 Å². The van der Waals surface area contributed by atoms with Crippen LogP contribution >= 0.6 is 0 Å². The number of rotatable bonds is 3. The van der Waals surface area contributed by atoms with Gasteiger partial charge in [-0.1, -0.05) is 0 Å². The van der Waals surface area contributed by atoms with E-state index in [0.717, 1.165) is 25.9 Å². The van der Waals surface area contributed by atoms with Gasteiger partial charge in [0.2, 0.25) is 0 Å². The fourth-order valence-electron chi connectivity index (χ4n) is 2.45. The molecule has 5 nitrogen and oxygen atoms in total. The topological polar surface area (TPSA) is 63.7 Å². The lowest BCUT2D eigenvalue weighted by Crippen LogP contribution is -2.60. The number of ketones is 2. The molecule has 3 heterocycles. The van der Waals surface area contributed by atoms with Crippen LogP contribution in [0.15, 0.2) is 0 Å². The summed E-state index contributed by atoms with van der Waals surface area (Å²) < 4.78 is 4.65. The van der Waals surface area contributed by atoms with Gasteiger partial charge in [-0.2, -0.15) is 0 Å². The van der Waals surface area contributed by atoms with Crippen molar-refractivity contribution in [1.82, 2.24) is 4.90 Å². The highest BCUT2D eigenvalue weighted by Gasteiger charge is 2.46. The smallest absolute Gasteiger partial charge is 0.376 e. The number of nitrogens with zero attached hydrogens (tertiary/aromatic N) is 1. The van der Waals surface area contributed by atoms with Crippen LogP contribution in [0.1, 0.15) is 19.8 Å². The van der Waals surface area contributed by atoms with E-state index in [-0.39, 0.29) is 18.3 Å². The lowest BCUT2D eigenvalue weighted by Gasteiger charge is -2.42. The maximum absolute atomic E-state index is 11.9. The van der Waals surface area contributed by atoms with Gasteiger partial charge in [0.25, 0.3) is 5.78 Å². The van der Waals surface area contributed by atoms with Crippen LogP contribution in [0.2, 0.25) is 0 Å². The van der Waals surface area contributed by atoms with Gasteiger partial charge < -0.3 is 4.74 Å². The fraction of sp³-hybridized carbons (Fsp3) is 0.727. The Bertz CT molecular complexity index is 331. The van der Waals surface area contributed by atoms with Crippen LogP contribution in [-0.4, -0.2) is 48.2 Å². The summed E-state index contributed by atoms with van der Waals surface area (Å²) in [6.45, 7) is 3.26. The number of esters is 1. The second-order valence-corrected chi connectivity index (χ2v) is 4.20. The number of Topliss-reactive ketones (excluding diaryl/α,β-unsaturated/α-hetero) is 2. The number of carbonyl (C=O) groups excluding carboxylic acids is 3. The third-order valence-electron chi connectivity index (χ3n) is 3.29. The van der Waals surface area contributed by atoms with Crippen molar-refractivity contribution in [2.24, 2.45) is 5.92 Å². The van der Waals surface area contributed by atoms with Crippen LogP contribution in [0.4, 0.5) is 0 Å².